The quantitative estimate of drug-likeness (QED) is 0.439. The van der Waals surface area contributed by atoms with E-state index >= 15 is 0 Å². The summed E-state index contributed by atoms with van der Waals surface area (Å²) in [4.78, 5) is 10.5. The Hall–Kier alpha value is -0.610. The Morgan fingerprint density at radius 3 is 2.73 bits per heavy atom. The molecule has 0 aliphatic heterocycles. The fraction of sp³-hybridized carbons (Fsp3) is 0.857. The van der Waals surface area contributed by atoms with Crippen LogP contribution in [-0.4, -0.2) is 38.0 Å². The van der Waals surface area contributed by atoms with Gasteiger partial charge in [0.2, 0.25) is 0 Å². The zero-order chi connectivity index (χ0) is 8.53. The van der Waals surface area contributed by atoms with Gasteiger partial charge in [-0.25, -0.2) is 0 Å². The van der Waals surface area contributed by atoms with Crippen LogP contribution in [0.1, 0.15) is 12.8 Å². The van der Waals surface area contributed by atoms with E-state index in [0.717, 1.165) is 0 Å². The summed E-state index contributed by atoms with van der Waals surface area (Å²) < 4.78 is 9.37. The van der Waals surface area contributed by atoms with E-state index in [9.17, 15) is 4.79 Å². The van der Waals surface area contributed by atoms with Crippen LogP contribution in [0.4, 0.5) is 0 Å². The molecule has 0 aliphatic rings. The molecule has 0 fully saturated rings. The number of carbonyl (C=O) groups excluding carboxylic acids is 1. The Bertz CT molecular complexity index is 103. The minimum Gasteiger partial charge on any atom is -0.469 e. The zero-order valence-electron chi connectivity index (χ0n) is 6.71. The molecule has 0 rings (SSSR count). The second-order valence-corrected chi connectivity index (χ2v) is 2.02. The van der Waals surface area contributed by atoms with Gasteiger partial charge in [-0.1, -0.05) is 0 Å². The van der Waals surface area contributed by atoms with E-state index in [4.69, 9.17) is 9.84 Å². The average Bonchev–Trinajstić information content (AvgIpc) is 2.04. The first kappa shape index (κ1) is 10.4. The summed E-state index contributed by atoms with van der Waals surface area (Å²) in [6.45, 7) is 0.985. The van der Waals surface area contributed by atoms with Crippen molar-refractivity contribution in [3.63, 3.8) is 0 Å². The molecular formula is C7H14O4. The molecule has 1 N–H and O–H groups in total. The Morgan fingerprint density at radius 2 is 2.18 bits per heavy atom. The van der Waals surface area contributed by atoms with Gasteiger partial charge in [0.1, 0.15) is 0 Å². The zero-order valence-corrected chi connectivity index (χ0v) is 6.71. The van der Waals surface area contributed by atoms with E-state index in [2.05, 4.69) is 4.74 Å². The van der Waals surface area contributed by atoms with Gasteiger partial charge in [-0.05, 0) is 6.42 Å². The summed E-state index contributed by atoms with van der Waals surface area (Å²) in [7, 11) is 1.34. The Balaban J connectivity index is 2.95. The highest BCUT2D eigenvalue weighted by Gasteiger charge is 1.98. The Kier molecular flexibility index (Phi) is 7.08. The highest BCUT2D eigenvalue weighted by atomic mass is 16.5. The summed E-state index contributed by atoms with van der Waals surface area (Å²) in [5, 5.41) is 8.35. The van der Waals surface area contributed by atoms with Gasteiger partial charge in [0.25, 0.3) is 0 Å². The number of aliphatic hydroxyl groups excluding tert-OH is 1. The lowest BCUT2D eigenvalue weighted by Gasteiger charge is -2.00. The van der Waals surface area contributed by atoms with Crippen molar-refractivity contribution in [2.24, 2.45) is 0 Å². The molecule has 0 unspecified atom stereocenters. The minimum absolute atomic E-state index is 0.123. The Morgan fingerprint density at radius 1 is 1.45 bits per heavy atom. The third-order valence-corrected chi connectivity index (χ3v) is 1.12. The normalized spacial score (nSPS) is 9.64. The third kappa shape index (κ3) is 7.29. The lowest BCUT2D eigenvalue weighted by molar-refractivity contribution is -0.141. The molecule has 0 bridgehead atoms. The molecule has 0 aromatic carbocycles. The van der Waals surface area contributed by atoms with E-state index in [1.165, 1.54) is 7.11 Å². The first-order valence-electron chi connectivity index (χ1n) is 3.56. The molecule has 0 atom stereocenters. The summed E-state index contributed by atoms with van der Waals surface area (Å²) >= 11 is 0. The highest BCUT2D eigenvalue weighted by Crippen LogP contribution is 1.87. The van der Waals surface area contributed by atoms with E-state index in [1.807, 2.05) is 0 Å². The highest BCUT2D eigenvalue weighted by molar-refractivity contribution is 5.69. The van der Waals surface area contributed by atoms with Crippen LogP contribution < -0.4 is 0 Å². The molecule has 0 aromatic rings. The van der Waals surface area contributed by atoms with E-state index in [0.29, 0.717) is 19.6 Å². The summed E-state index contributed by atoms with van der Waals surface area (Å²) in [5.74, 6) is -0.269. The lowest BCUT2D eigenvalue weighted by atomic mass is 10.4. The summed E-state index contributed by atoms with van der Waals surface area (Å²) in [6.07, 6.45) is 0.892. The first-order chi connectivity index (χ1) is 5.31. The maximum absolute atomic E-state index is 10.5. The van der Waals surface area contributed by atoms with Crippen molar-refractivity contribution in [2.75, 3.05) is 26.9 Å². The van der Waals surface area contributed by atoms with Crippen molar-refractivity contribution < 1.29 is 19.4 Å². The fourth-order valence-electron chi connectivity index (χ4n) is 0.526. The minimum atomic E-state index is -0.269. The van der Waals surface area contributed by atoms with Gasteiger partial charge in [-0.2, -0.15) is 0 Å². The van der Waals surface area contributed by atoms with Gasteiger partial charge in [0, 0.05) is 13.2 Å². The molecule has 0 heterocycles. The molecule has 0 aliphatic carbocycles. The van der Waals surface area contributed by atoms with Crippen molar-refractivity contribution in [3.05, 3.63) is 0 Å². The second kappa shape index (κ2) is 7.50. The van der Waals surface area contributed by atoms with Crippen molar-refractivity contribution in [3.8, 4) is 0 Å². The predicted octanol–water partition coefficient (Wildman–Crippen LogP) is -0.0515. The van der Waals surface area contributed by atoms with Gasteiger partial charge in [-0.3, -0.25) is 4.79 Å². The van der Waals surface area contributed by atoms with Crippen LogP contribution in [0.15, 0.2) is 0 Å². The smallest absolute Gasteiger partial charge is 0.307 e. The van der Waals surface area contributed by atoms with Crippen molar-refractivity contribution in [1.82, 2.24) is 0 Å². The maximum Gasteiger partial charge on any atom is 0.307 e. The van der Waals surface area contributed by atoms with Crippen molar-refractivity contribution >= 4 is 5.97 Å². The van der Waals surface area contributed by atoms with Crippen LogP contribution in [0.5, 0.6) is 0 Å². The molecule has 0 aromatic heterocycles. The number of methoxy groups -OCH3 is 1. The van der Waals surface area contributed by atoms with Gasteiger partial charge in [-0.15, -0.1) is 0 Å². The molecule has 4 heteroatoms. The molecule has 0 saturated heterocycles. The molecular weight excluding hydrogens is 148 g/mol. The van der Waals surface area contributed by atoms with Crippen LogP contribution in [0, 0.1) is 0 Å². The number of carbonyl (C=O) groups is 1. The van der Waals surface area contributed by atoms with E-state index < -0.39 is 0 Å². The lowest BCUT2D eigenvalue weighted by Crippen LogP contribution is -2.06. The molecule has 4 nitrogen and oxygen atoms in total. The summed E-state index contributed by atoms with van der Waals surface area (Å²) in [6, 6.07) is 0. The van der Waals surface area contributed by atoms with Gasteiger partial charge in [0.15, 0.2) is 0 Å². The van der Waals surface area contributed by atoms with Crippen molar-refractivity contribution in [2.45, 2.75) is 12.8 Å². The monoisotopic (exact) mass is 162 g/mol. The van der Waals surface area contributed by atoms with Crippen molar-refractivity contribution in [1.29, 1.82) is 0 Å². The fourth-order valence-corrected chi connectivity index (χ4v) is 0.526. The molecule has 0 radical (unpaired) electrons. The van der Waals surface area contributed by atoms with Crippen LogP contribution >= 0.6 is 0 Å². The van der Waals surface area contributed by atoms with Crippen LogP contribution in [0.3, 0.4) is 0 Å². The average molecular weight is 162 g/mol. The number of hydrogen-bond acceptors (Lipinski definition) is 4. The Labute approximate surface area is 66.1 Å². The van der Waals surface area contributed by atoms with Crippen LogP contribution in [-0.2, 0) is 14.3 Å². The number of rotatable bonds is 6. The maximum atomic E-state index is 10.5. The second-order valence-electron chi connectivity index (χ2n) is 2.02. The molecule has 66 valence electrons. The number of aliphatic hydroxyl groups is 1. The molecule has 11 heavy (non-hydrogen) atoms. The number of hydrogen-bond donors (Lipinski definition) is 1. The SMILES string of the molecule is COC(=O)CCOCCCO. The van der Waals surface area contributed by atoms with E-state index in [-0.39, 0.29) is 19.0 Å². The largest absolute Gasteiger partial charge is 0.469 e. The first-order valence-corrected chi connectivity index (χ1v) is 3.56. The summed E-state index contributed by atoms with van der Waals surface area (Å²) in [5.41, 5.74) is 0. The van der Waals surface area contributed by atoms with Gasteiger partial charge < -0.3 is 14.6 Å². The number of ether oxygens (including phenoxy) is 2. The van der Waals surface area contributed by atoms with Crippen LogP contribution in [0.25, 0.3) is 0 Å². The number of esters is 1. The topological polar surface area (TPSA) is 55.8 Å². The standard InChI is InChI=1S/C7H14O4/c1-10-7(9)3-6-11-5-2-4-8/h8H,2-6H2,1H3. The van der Waals surface area contributed by atoms with Gasteiger partial charge >= 0.3 is 5.97 Å². The molecule has 0 amide bonds. The van der Waals surface area contributed by atoms with Crippen LogP contribution in [0.2, 0.25) is 0 Å². The predicted molar refractivity (Wildman–Crippen MR) is 39.2 cm³/mol. The molecule has 0 spiro atoms. The van der Waals surface area contributed by atoms with E-state index in [1.54, 1.807) is 0 Å². The third-order valence-electron chi connectivity index (χ3n) is 1.12. The molecule has 0 saturated carbocycles. The van der Waals surface area contributed by atoms with Gasteiger partial charge in [0.05, 0.1) is 20.1 Å².